The highest BCUT2D eigenvalue weighted by molar-refractivity contribution is 5.37. The fraction of sp³-hybridized carbons (Fsp3) is 0.714. The summed E-state index contributed by atoms with van der Waals surface area (Å²) in [5.74, 6) is 6.02. The first-order valence-corrected chi connectivity index (χ1v) is 11.9. The summed E-state index contributed by atoms with van der Waals surface area (Å²) in [7, 11) is 0. The highest BCUT2D eigenvalue weighted by Gasteiger charge is 2.38. The summed E-state index contributed by atoms with van der Waals surface area (Å²) >= 11 is 0. The van der Waals surface area contributed by atoms with Gasteiger partial charge < -0.3 is 0 Å². The maximum atomic E-state index is 4.79. The maximum Gasteiger partial charge on any atom is -0.0126 e. The molecule has 0 aromatic carbocycles. The van der Waals surface area contributed by atoms with E-state index >= 15 is 0 Å². The molecule has 0 radical (unpaired) electrons. The van der Waals surface area contributed by atoms with Crippen molar-refractivity contribution in [2.75, 3.05) is 0 Å². The average molecular weight is 383 g/mol. The molecule has 0 heterocycles. The first kappa shape index (κ1) is 23.2. The molecule has 0 aliphatic heterocycles. The van der Waals surface area contributed by atoms with Crippen LogP contribution in [0.4, 0.5) is 0 Å². The van der Waals surface area contributed by atoms with Crippen LogP contribution >= 0.6 is 0 Å². The van der Waals surface area contributed by atoms with Crippen molar-refractivity contribution in [1.82, 2.24) is 0 Å². The van der Waals surface area contributed by atoms with Gasteiger partial charge in [0.2, 0.25) is 0 Å². The molecule has 0 aromatic rings. The first-order chi connectivity index (χ1) is 13.3. The predicted molar refractivity (Wildman–Crippen MR) is 126 cm³/mol. The molecule has 6 atom stereocenters. The third-order valence-electron chi connectivity index (χ3n) is 7.79. The standard InChI is InChI=1S/C28H46/c1-9-10-11-12-26(28-18-22(7)14-16-25(28)20(4)5)23(8)27-17-21(6)13-15-24(27)19(2)3/h9-12,19-22,24-25,27-28H,1,8,13-18H2,2-7H3. The predicted octanol–water partition coefficient (Wildman–Crippen LogP) is 8.63. The van der Waals surface area contributed by atoms with E-state index in [0.717, 1.165) is 35.5 Å². The molecule has 2 saturated carbocycles. The fourth-order valence-corrected chi connectivity index (χ4v) is 6.08. The van der Waals surface area contributed by atoms with Crippen LogP contribution < -0.4 is 0 Å². The third kappa shape index (κ3) is 5.74. The van der Waals surface area contributed by atoms with E-state index in [-0.39, 0.29) is 0 Å². The van der Waals surface area contributed by atoms with E-state index in [9.17, 15) is 0 Å². The zero-order valence-corrected chi connectivity index (χ0v) is 19.6. The Bertz CT molecular complexity index is 573. The molecule has 0 saturated heterocycles. The fourth-order valence-electron chi connectivity index (χ4n) is 6.08. The van der Waals surface area contributed by atoms with Crippen molar-refractivity contribution in [1.29, 1.82) is 0 Å². The van der Waals surface area contributed by atoms with Crippen LogP contribution in [-0.4, -0.2) is 0 Å². The normalized spacial score (nSPS) is 34.9. The van der Waals surface area contributed by atoms with Crippen LogP contribution in [0.5, 0.6) is 0 Å². The molecule has 0 aromatic heterocycles. The van der Waals surface area contributed by atoms with Gasteiger partial charge in [0.15, 0.2) is 0 Å². The third-order valence-corrected chi connectivity index (χ3v) is 7.79. The van der Waals surface area contributed by atoms with Gasteiger partial charge in [-0.3, -0.25) is 0 Å². The quantitative estimate of drug-likeness (QED) is 0.386. The lowest BCUT2D eigenvalue weighted by atomic mass is 9.61. The van der Waals surface area contributed by atoms with Crippen molar-refractivity contribution in [3.8, 4) is 0 Å². The van der Waals surface area contributed by atoms with Crippen molar-refractivity contribution in [2.24, 2.45) is 47.3 Å². The molecule has 0 spiro atoms. The van der Waals surface area contributed by atoms with E-state index in [1.54, 1.807) is 5.57 Å². The minimum atomic E-state index is 0.650. The number of hydrogen-bond acceptors (Lipinski definition) is 0. The summed E-state index contributed by atoms with van der Waals surface area (Å²) in [6.45, 7) is 23.2. The Balaban J connectivity index is 2.40. The molecule has 0 N–H and O–H groups in total. The van der Waals surface area contributed by atoms with Gasteiger partial charge in [-0.05, 0) is 84.2 Å². The molecule has 0 nitrogen and oxygen atoms in total. The van der Waals surface area contributed by atoms with Gasteiger partial charge in [-0.15, -0.1) is 0 Å². The highest BCUT2D eigenvalue weighted by Crippen LogP contribution is 2.49. The second kappa shape index (κ2) is 10.7. The summed E-state index contributed by atoms with van der Waals surface area (Å²) < 4.78 is 0. The largest absolute Gasteiger partial charge is 0.0991 e. The van der Waals surface area contributed by atoms with E-state index in [0.29, 0.717) is 11.8 Å². The lowest BCUT2D eigenvalue weighted by Gasteiger charge is -2.44. The highest BCUT2D eigenvalue weighted by atomic mass is 14.4. The summed E-state index contributed by atoms with van der Waals surface area (Å²) in [4.78, 5) is 0. The minimum absolute atomic E-state index is 0.650. The molecule has 28 heavy (non-hydrogen) atoms. The molecule has 6 unspecified atom stereocenters. The molecule has 0 bridgehead atoms. The summed E-state index contributed by atoms with van der Waals surface area (Å²) in [5.41, 5.74) is 3.02. The smallest absolute Gasteiger partial charge is 0.0126 e. The van der Waals surface area contributed by atoms with Gasteiger partial charge >= 0.3 is 0 Å². The van der Waals surface area contributed by atoms with E-state index in [4.69, 9.17) is 6.58 Å². The monoisotopic (exact) mass is 382 g/mol. The van der Waals surface area contributed by atoms with Gasteiger partial charge in [0.1, 0.15) is 0 Å². The Morgan fingerprint density at radius 3 is 1.79 bits per heavy atom. The van der Waals surface area contributed by atoms with Crippen LogP contribution in [0.1, 0.15) is 80.1 Å². The zero-order valence-electron chi connectivity index (χ0n) is 19.6. The van der Waals surface area contributed by atoms with Crippen molar-refractivity contribution in [2.45, 2.75) is 80.1 Å². The van der Waals surface area contributed by atoms with Crippen LogP contribution in [0, 0.1) is 47.3 Å². The zero-order chi connectivity index (χ0) is 20.8. The molecule has 2 aliphatic rings. The van der Waals surface area contributed by atoms with Crippen molar-refractivity contribution < 1.29 is 0 Å². The van der Waals surface area contributed by atoms with Crippen molar-refractivity contribution in [3.63, 3.8) is 0 Å². The Hall–Kier alpha value is -1.04. The Morgan fingerprint density at radius 2 is 1.29 bits per heavy atom. The van der Waals surface area contributed by atoms with Gasteiger partial charge in [0.05, 0.1) is 0 Å². The second-order valence-corrected chi connectivity index (χ2v) is 10.6. The minimum Gasteiger partial charge on any atom is -0.0991 e. The van der Waals surface area contributed by atoms with Crippen LogP contribution in [0.2, 0.25) is 0 Å². The molecule has 2 aliphatic carbocycles. The number of rotatable bonds is 7. The summed E-state index contributed by atoms with van der Waals surface area (Å²) in [5, 5.41) is 0. The molecular weight excluding hydrogens is 336 g/mol. The van der Waals surface area contributed by atoms with E-state index in [1.165, 1.54) is 44.1 Å². The van der Waals surface area contributed by atoms with Crippen LogP contribution in [0.15, 0.2) is 48.6 Å². The Labute approximate surface area is 176 Å². The van der Waals surface area contributed by atoms with E-state index in [2.05, 4.69) is 66.3 Å². The number of hydrogen-bond donors (Lipinski definition) is 0. The van der Waals surface area contributed by atoms with Crippen LogP contribution in [0.3, 0.4) is 0 Å². The number of allylic oxidation sites excluding steroid dienone is 6. The van der Waals surface area contributed by atoms with Gasteiger partial charge in [-0.25, -0.2) is 0 Å². The maximum absolute atomic E-state index is 4.79. The molecule has 0 amide bonds. The topological polar surface area (TPSA) is 0 Å². The van der Waals surface area contributed by atoms with Crippen molar-refractivity contribution in [3.05, 3.63) is 48.6 Å². The molecule has 158 valence electrons. The average Bonchev–Trinajstić information content (AvgIpc) is 2.64. The summed E-state index contributed by atoms with van der Waals surface area (Å²) in [6.07, 6.45) is 16.7. The molecule has 2 fully saturated rings. The first-order valence-electron chi connectivity index (χ1n) is 11.9. The molecule has 0 heteroatoms. The molecule has 2 rings (SSSR count). The van der Waals surface area contributed by atoms with Crippen LogP contribution in [0.25, 0.3) is 0 Å². The SMILES string of the molecule is C=CC=CC=C(C(=C)C1CC(C)CCC1C(C)C)C1CC(C)CCC1C(C)C. The van der Waals surface area contributed by atoms with E-state index in [1.807, 2.05) is 6.08 Å². The summed E-state index contributed by atoms with van der Waals surface area (Å²) in [6, 6.07) is 0. The lowest BCUT2D eigenvalue weighted by Crippen LogP contribution is -2.34. The Kier molecular flexibility index (Phi) is 8.84. The van der Waals surface area contributed by atoms with Gasteiger partial charge in [-0.2, -0.15) is 0 Å². The van der Waals surface area contributed by atoms with Gasteiger partial charge in [0, 0.05) is 0 Å². The second-order valence-electron chi connectivity index (χ2n) is 10.6. The van der Waals surface area contributed by atoms with Crippen LogP contribution in [-0.2, 0) is 0 Å². The van der Waals surface area contributed by atoms with Crippen molar-refractivity contribution >= 4 is 0 Å². The molecular formula is C28H46. The van der Waals surface area contributed by atoms with Gasteiger partial charge in [0.25, 0.3) is 0 Å². The Morgan fingerprint density at radius 1 is 0.786 bits per heavy atom. The van der Waals surface area contributed by atoms with Gasteiger partial charge in [-0.1, -0.05) is 91.8 Å². The van der Waals surface area contributed by atoms with E-state index < -0.39 is 0 Å². The lowest BCUT2D eigenvalue weighted by molar-refractivity contribution is 0.153.